The van der Waals surface area contributed by atoms with E-state index in [0.29, 0.717) is 27.7 Å². The number of hydrogen-bond acceptors (Lipinski definition) is 7. The molecule has 1 aliphatic heterocycles. The fourth-order valence-corrected chi connectivity index (χ4v) is 6.00. The SMILES string of the molecule is CNC(=O)[C@@H]1[C@H](Nc2c(Cl)cnc3nc(-c4ccc(N5CCOCC5)cc4OC)[nH]c23)[C@H]2C=C[C@@H]1C2. The van der Waals surface area contributed by atoms with Crippen LogP contribution in [0.5, 0.6) is 5.75 Å². The van der Waals surface area contributed by atoms with Crippen molar-refractivity contribution in [2.75, 3.05) is 50.7 Å². The van der Waals surface area contributed by atoms with Crippen molar-refractivity contribution in [2.24, 2.45) is 17.8 Å². The molecule has 9 nitrogen and oxygen atoms in total. The third kappa shape index (κ3) is 3.87. The van der Waals surface area contributed by atoms with Gasteiger partial charge < -0.3 is 30.0 Å². The topological polar surface area (TPSA) is 104 Å². The molecule has 2 aromatic heterocycles. The Kier molecular flexibility index (Phi) is 5.97. The number of morpholine rings is 1. The number of fused-ring (bicyclic) bond motifs is 3. The molecule has 1 saturated carbocycles. The lowest BCUT2D eigenvalue weighted by atomic mass is 9.88. The van der Waals surface area contributed by atoms with Gasteiger partial charge in [0.05, 0.1) is 48.7 Å². The van der Waals surface area contributed by atoms with Gasteiger partial charge in [-0.3, -0.25) is 4.79 Å². The number of H-pyrrole nitrogens is 1. The van der Waals surface area contributed by atoms with Crippen molar-refractivity contribution < 1.29 is 14.3 Å². The Labute approximate surface area is 214 Å². The van der Waals surface area contributed by atoms with Gasteiger partial charge in [-0.15, -0.1) is 0 Å². The van der Waals surface area contributed by atoms with Crippen LogP contribution in [0.1, 0.15) is 6.42 Å². The van der Waals surface area contributed by atoms with Gasteiger partial charge >= 0.3 is 0 Å². The van der Waals surface area contributed by atoms with Crippen LogP contribution >= 0.6 is 11.6 Å². The van der Waals surface area contributed by atoms with E-state index in [1.54, 1.807) is 20.4 Å². The zero-order valence-electron chi connectivity index (χ0n) is 20.3. The van der Waals surface area contributed by atoms with Crippen molar-refractivity contribution in [3.05, 3.63) is 41.6 Å². The molecule has 188 valence electrons. The number of hydrogen-bond donors (Lipinski definition) is 3. The molecule has 6 rings (SSSR count). The van der Waals surface area contributed by atoms with Gasteiger partial charge in [-0.25, -0.2) is 9.97 Å². The van der Waals surface area contributed by atoms with Crippen LogP contribution in [0.15, 0.2) is 36.5 Å². The van der Waals surface area contributed by atoms with Crippen LogP contribution in [-0.2, 0) is 9.53 Å². The number of carbonyl (C=O) groups is 1. The zero-order valence-corrected chi connectivity index (χ0v) is 21.0. The molecule has 1 saturated heterocycles. The summed E-state index contributed by atoms with van der Waals surface area (Å²) in [6.45, 7) is 3.13. The van der Waals surface area contributed by atoms with E-state index in [0.717, 1.165) is 49.7 Å². The zero-order chi connectivity index (χ0) is 24.8. The molecule has 36 heavy (non-hydrogen) atoms. The predicted octanol–water partition coefficient (Wildman–Crippen LogP) is 3.47. The summed E-state index contributed by atoms with van der Waals surface area (Å²) in [6, 6.07) is 6.06. The molecule has 0 unspecified atom stereocenters. The van der Waals surface area contributed by atoms with E-state index in [-0.39, 0.29) is 29.7 Å². The van der Waals surface area contributed by atoms with E-state index >= 15 is 0 Å². The second kappa shape index (κ2) is 9.29. The number of aromatic amines is 1. The van der Waals surface area contributed by atoms with Gasteiger partial charge in [-0.1, -0.05) is 23.8 Å². The van der Waals surface area contributed by atoms with Crippen LogP contribution in [0.3, 0.4) is 0 Å². The highest BCUT2D eigenvalue weighted by Gasteiger charge is 2.48. The van der Waals surface area contributed by atoms with Crippen LogP contribution in [0.25, 0.3) is 22.6 Å². The Bertz CT molecular complexity index is 1330. The number of methoxy groups -OCH3 is 1. The van der Waals surface area contributed by atoms with Crippen molar-refractivity contribution in [3.8, 4) is 17.1 Å². The maximum Gasteiger partial charge on any atom is 0.225 e. The summed E-state index contributed by atoms with van der Waals surface area (Å²) < 4.78 is 11.2. The maximum absolute atomic E-state index is 12.7. The van der Waals surface area contributed by atoms with Crippen molar-refractivity contribution in [3.63, 3.8) is 0 Å². The predicted molar refractivity (Wildman–Crippen MR) is 140 cm³/mol. The summed E-state index contributed by atoms with van der Waals surface area (Å²) in [5, 5.41) is 6.89. The molecule has 2 bridgehead atoms. The number of pyridine rings is 1. The number of halogens is 1. The first kappa shape index (κ1) is 23.1. The minimum Gasteiger partial charge on any atom is -0.496 e. The minimum absolute atomic E-state index is 0.0427. The van der Waals surface area contributed by atoms with E-state index in [2.05, 4.69) is 43.7 Å². The van der Waals surface area contributed by atoms with Gasteiger partial charge in [0.2, 0.25) is 5.91 Å². The molecule has 1 amide bonds. The van der Waals surface area contributed by atoms with Crippen molar-refractivity contribution in [1.82, 2.24) is 20.3 Å². The molecular weight excluding hydrogens is 480 g/mol. The quantitative estimate of drug-likeness (QED) is 0.438. The van der Waals surface area contributed by atoms with Gasteiger partial charge in [-0.2, -0.15) is 0 Å². The van der Waals surface area contributed by atoms with Crippen LogP contribution in [0.2, 0.25) is 5.02 Å². The van der Waals surface area contributed by atoms with Crippen molar-refractivity contribution in [1.29, 1.82) is 0 Å². The number of allylic oxidation sites excluding steroid dienone is 1. The molecule has 3 aliphatic rings. The van der Waals surface area contributed by atoms with E-state index in [1.807, 2.05) is 12.1 Å². The van der Waals surface area contributed by atoms with Gasteiger partial charge in [0.1, 0.15) is 17.1 Å². The third-order valence-electron chi connectivity index (χ3n) is 7.61. The summed E-state index contributed by atoms with van der Waals surface area (Å²) in [7, 11) is 3.35. The van der Waals surface area contributed by atoms with Crippen LogP contribution in [-0.4, -0.2) is 67.4 Å². The summed E-state index contributed by atoms with van der Waals surface area (Å²) in [6.07, 6.45) is 6.93. The number of carbonyl (C=O) groups excluding carboxylic acids is 1. The Balaban J connectivity index is 1.35. The number of nitrogens with one attached hydrogen (secondary N) is 3. The summed E-state index contributed by atoms with van der Waals surface area (Å²) in [5.41, 5.74) is 3.89. The molecule has 2 fully saturated rings. The van der Waals surface area contributed by atoms with Gasteiger partial charge in [0.25, 0.3) is 0 Å². The average Bonchev–Trinajstić information content (AvgIpc) is 3.65. The normalized spacial score (nSPS) is 24.9. The lowest BCUT2D eigenvalue weighted by Crippen LogP contribution is -2.42. The Morgan fingerprint density at radius 2 is 2.06 bits per heavy atom. The fourth-order valence-electron chi connectivity index (χ4n) is 5.81. The average molecular weight is 509 g/mol. The maximum atomic E-state index is 12.7. The number of amides is 1. The first-order valence-corrected chi connectivity index (χ1v) is 12.7. The lowest BCUT2D eigenvalue weighted by molar-refractivity contribution is -0.125. The van der Waals surface area contributed by atoms with Crippen LogP contribution in [0.4, 0.5) is 11.4 Å². The lowest BCUT2D eigenvalue weighted by Gasteiger charge is -2.29. The summed E-state index contributed by atoms with van der Waals surface area (Å²) in [4.78, 5) is 27.6. The van der Waals surface area contributed by atoms with E-state index in [4.69, 9.17) is 26.1 Å². The largest absolute Gasteiger partial charge is 0.496 e. The third-order valence-corrected chi connectivity index (χ3v) is 7.90. The Morgan fingerprint density at radius 3 is 2.83 bits per heavy atom. The molecular formula is C26H29ClN6O3. The summed E-state index contributed by atoms with van der Waals surface area (Å²) >= 11 is 6.63. The molecule has 10 heteroatoms. The van der Waals surface area contributed by atoms with E-state index < -0.39 is 0 Å². The summed E-state index contributed by atoms with van der Waals surface area (Å²) in [5.74, 6) is 1.75. The van der Waals surface area contributed by atoms with Crippen molar-refractivity contribution >= 4 is 40.0 Å². The van der Waals surface area contributed by atoms with Gasteiger partial charge in [-0.05, 0) is 30.4 Å². The van der Waals surface area contributed by atoms with Crippen molar-refractivity contribution in [2.45, 2.75) is 12.5 Å². The monoisotopic (exact) mass is 508 g/mol. The molecule has 1 aromatic carbocycles. The molecule has 0 spiro atoms. The minimum atomic E-state index is -0.153. The molecule has 3 N–H and O–H groups in total. The second-order valence-electron chi connectivity index (χ2n) is 9.51. The first-order chi connectivity index (χ1) is 17.6. The number of nitrogens with zero attached hydrogens (tertiary/aromatic N) is 3. The Morgan fingerprint density at radius 1 is 1.25 bits per heavy atom. The second-order valence-corrected chi connectivity index (χ2v) is 9.91. The highest BCUT2D eigenvalue weighted by atomic mass is 35.5. The van der Waals surface area contributed by atoms with E-state index in [1.165, 1.54) is 0 Å². The number of rotatable bonds is 6. The standard InChI is InChI=1S/C26H29ClN6O3/c1-28-26(34)20-14-3-4-15(11-14)21(20)30-22-18(27)13-29-25-23(22)31-24(32-25)17-6-5-16(12-19(17)35-2)33-7-9-36-10-8-33/h3-6,12-15,20-21H,7-11H2,1-2H3,(H,28,34)(H2,29,30,31,32)/t14-,15+,20+,21-/m1/s1. The Hall–Kier alpha value is -3.30. The molecule has 2 aliphatic carbocycles. The number of ether oxygens (including phenoxy) is 2. The first-order valence-electron chi connectivity index (χ1n) is 12.3. The highest BCUT2D eigenvalue weighted by molar-refractivity contribution is 6.34. The van der Waals surface area contributed by atoms with Crippen LogP contribution in [0, 0.1) is 17.8 Å². The number of benzene rings is 1. The molecule has 0 radical (unpaired) electrons. The number of anilines is 2. The number of imidazole rings is 1. The molecule has 4 atom stereocenters. The van der Waals surface area contributed by atoms with Gasteiger partial charge in [0.15, 0.2) is 5.65 Å². The highest BCUT2D eigenvalue weighted by Crippen LogP contribution is 2.46. The molecule has 3 heterocycles. The van der Waals surface area contributed by atoms with E-state index in [9.17, 15) is 4.79 Å². The van der Waals surface area contributed by atoms with Crippen LogP contribution < -0.4 is 20.3 Å². The number of aromatic nitrogens is 3. The smallest absolute Gasteiger partial charge is 0.225 e. The fraction of sp³-hybridized carbons (Fsp3) is 0.423. The van der Waals surface area contributed by atoms with Gasteiger partial charge in [0, 0.05) is 37.9 Å². The molecule has 3 aromatic rings.